The van der Waals surface area contributed by atoms with Crippen molar-refractivity contribution >= 4 is 0 Å². The smallest absolute Gasteiger partial charge is 0.257 e. The van der Waals surface area contributed by atoms with Gasteiger partial charge in [-0.1, -0.05) is 12.1 Å². The highest BCUT2D eigenvalue weighted by Gasteiger charge is 2.06. The molecule has 0 unspecified atom stereocenters. The number of phenols is 1. The number of phenolic OH excluding ortho intramolecular Hbond substituents is 1. The molecule has 0 aliphatic heterocycles. The fraction of sp³-hybridized carbons (Fsp3) is 0.200. The van der Waals surface area contributed by atoms with E-state index in [1.54, 1.807) is 24.3 Å². The van der Waals surface area contributed by atoms with Crippen LogP contribution in [0.25, 0.3) is 11.5 Å². The summed E-state index contributed by atoms with van der Waals surface area (Å²) in [5.41, 5.74) is 0.815. The van der Waals surface area contributed by atoms with Crippen molar-refractivity contribution in [2.45, 2.75) is 13.3 Å². The average molecular weight is 190 g/mol. The van der Waals surface area contributed by atoms with Crippen LogP contribution in [0, 0.1) is 0 Å². The fourth-order valence-corrected chi connectivity index (χ4v) is 1.12. The molecule has 0 bridgehead atoms. The monoisotopic (exact) mass is 190 g/mol. The first-order valence-electron chi connectivity index (χ1n) is 4.41. The lowest BCUT2D eigenvalue weighted by atomic mass is 10.2. The largest absolute Gasteiger partial charge is 0.508 e. The number of nitrogens with zero attached hydrogens (tertiary/aromatic N) is 2. The van der Waals surface area contributed by atoms with Gasteiger partial charge in [0.2, 0.25) is 0 Å². The molecule has 0 aliphatic rings. The highest BCUT2D eigenvalue weighted by atomic mass is 16.5. The molecule has 2 aromatic rings. The molecule has 1 N–H and O–H groups in total. The summed E-state index contributed by atoms with van der Waals surface area (Å²) in [5.74, 6) is 1.40. The number of aromatic nitrogens is 2. The lowest BCUT2D eigenvalue weighted by molar-refractivity contribution is 0.423. The van der Waals surface area contributed by atoms with Crippen molar-refractivity contribution in [1.82, 2.24) is 10.1 Å². The molecule has 72 valence electrons. The third-order valence-corrected chi connectivity index (χ3v) is 1.90. The van der Waals surface area contributed by atoms with Crippen molar-refractivity contribution < 1.29 is 9.63 Å². The van der Waals surface area contributed by atoms with E-state index in [9.17, 15) is 0 Å². The summed E-state index contributed by atoms with van der Waals surface area (Å²) in [6.07, 6.45) is 0.752. The first-order chi connectivity index (χ1) is 6.79. The molecular weight excluding hydrogens is 180 g/mol. The van der Waals surface area contributed by atoms with Gasteiger partial charge in [-0.25, -0.2) is 0 Å². The number of aromatic hydroxyl groups is 1. The maximum Gasteiger partial charge on any atom is 0.257 e. The molecule has 2 rings (SSSR count). The molecule has 0 aliphatic carbocycles. The van der Waals surface area contributed by atoms with Gasteiger partial charge >= 0.3 is 0 Å². The van der Waals surface area contributed by atoms with Crippen LogP contribution in [-0.2, 0) is 6.42 Å². The number of benzene rings is 1. The normalized spacial score (nSPS) is 10.4. The summed E-state index contributed by atoms with van der Waals surface area (Å²) in [5, 5.41) is 12.9. The summed E-state index contributed by atoms with van der Waals surface area (Å²) in [6, 6.07) is 6.65. The van der Waals surface area contributed by atoms with Crippen LogP contribution in [0.1, 0.15) is 12.7 Å². The van der Waals surface area contributed by atoms with Crippen molar-refractivity contribution in [2.24, 2.45) is 0 Å². The predicted molar refractivity (Wildman–Crippen MR) is 50.8 cm³/mol. The molecule has 0 amide bonds. The van der Waals surface area contributed by atoms with Crippen LogP contribution in [0.4, 0.5) is 0 Å². The first-order valence-corrected chi connectivity index (χ1v) is 4.41. The summed E-state index contributed by atoms with van der Waals surface area (Å²) < 4.78 is 5.04. The van der Waals surface area contributed by atoms with Gasteiger partial charge in [-0.2, -0.15) is 4.98 Å². The Morgan fingerprint density at radius 1 is 1.29 bits per heavy atom. The maximum atomic E-state index is 9.09. The Hall–Kier alpha value is -1.84. The molecule has 1 aromatic heterocycles. The van der Waals surface area contributed by atoms with E-state index in [0.29, 0.717) is 11.7 Å². The highest BCUT2D eigenvalue weighted by Crippen LogP contribution is 2.19. The molecule has 0 spiro atoms. The molecule has 0 fully saturated rings. The molecule has 0 saturated heterocycles. The number of rotatable bonds is 2. The van der Waals surface area contributed by atoms with Gasteiger partial charge in [0.25, 0.3) is 5.89 Å². The number of hydrogen-bond donors (Lipinski definition) is 1. The van der Waals surface area contributed by atoms with Gasteiger partial charge in [0.05, 0.1) is 0 Å². The van der Waals surface area contributed by atoms with Crippen LogP contribution in [0.2, 0.25) is 0 Å². The Morgan fingerprint density at radius 3 is 2.57 bits per heavy atom. The zero-order chi connectivity index (χ0) is 9.97. The second-order valence-corrected chi connectivity index (χ2v) is 2.92. The molecule has 4 nitrogen and oxygen atoms in total. The van der Waals surface area contributed by atoms with E-state index in [1.807, 2.05) is 6.92 Å². The third-order valence-electron chi connectivity index (χ3n) is 1.90. The third kappa shape index (κ3) is 1.59. The highest BCUT2D eigenvalue weighted by molar-refractivity contribution is 5.53. The van der Waals surface area contributed by atoms with Gasteiger partial charge in [0, 0.05) is 12.0 Å². The van der Waals surface area contributed by atoms with Crippen LogP contribution in [0.15, 0.2) is 28.8 Å². The molecule has 4 heteroatoms. The number of hydrogen-bond acceptors (Lipinski definition) is 4. The van der Waals surface area contributed by atoms with Crippen molar-refractivity contribution in [1.29, 1.82) is 0 Å². The molecule has 0 atom stereocenters. The van der Waals surface area contributed by atoms with Gasteiger partial charge in [0.1, 0.15) is 5.75 Å². The Bertz CT molecular complexity index is 420. The maximum absolute atomic E-state index is 9.09. The van der Waals surface area contributed by atoms with Gasteiger partial charge in [0.15, 0.2) is 5.82 Å². The van der Waals surface area contributed by atoms with E-state index < -0.39 is 0 Å². The van der Waals surface area contributed by atoms with E-state index in [0.717, 1.165) is 12.0 Å². The summed E-state index contributed by atoms with van der Waals surface area (Å²) in [6.45, 7) is 1.96. The standard InChI is InChI=1S/C10H10N2O2/c1-2-9-11-10(14-12-9)7-3-5-8(13)6-4-7/h3-6,13H,2H2,1H3. The average Bonchev–Trinajstić information content (AvgIpc) is 2.67. The summed E-state index contributed by atoms with van der Waals surface area (Å²) >= 11 is 0. The minimum Gasteiger partial charge on any atom is -0.508 e. The lowest BCUT2D eigenvalue weighted by Crippen LogP contribution is -1.81. The Morgan fingerprint density at radius 2 is 2.00 bits per heavy atom. The van der Waals surface area contributed by atoms with Gasteiger partial charge in [-0.15, -0.1) is 0 Å². The van der Waals surface area contributed by atoms with Gasteiger partial charge in [-0.3, -0.25) is 0 Å². The van der Waals surface area contributed by atoms with Crippen molar-refractivity contribution in [3.05, 3.63) is 30.1 Å². The predicted octanol–water partition coefficient (Wildman–Crippen LogP) is 2.00. The van der Waals surface area contributed by atoms with Crippen LogP contribution in [0.5, 0.6) is 5.75 Å². The van der Waals surface area contributed by atoms with Crippen molar-refractivity contribution in [3.8, 4) is 17.2 Å². The van der Waals surface area contributed by atoms with E-state index in [2.05, 4.69) is 10.1 Å². The Balaban J connectivity index is 2.34. The van der Waals surface area contributed by atoms with Crippen LogP contribution >= 0.6 is 0 Å². The number of aryl methyl sites for hydroxylation is 1. The van der Waals surface area contributed by atoms with E-state index in [-0.39, 0.29) is 5.75 Å². The van der Waals surface area contributed by atoms with Crippen LogP contribution in [-0.4, -0.2) is 15.2 Å². The van der Waals surface area contributed by atoms with Crippen LogP contribution in [0.3, 0.4) is 0 Å². The second kappa shape index (κ2) is 3.49. The minimum atomic E-state index is 0.226. The molecule has 0 radical (unpaired) electrons. The SMILES string of the molecule is CCc1noc(-c2ccc(O)cc2)n1. The Kier molecular flexibility index (Phi) is 2.18. The lowest BCUT2D eigenvalue weighted by Gasteiger charge is -1.93. The summed E-state index contributed by atoms with van der Waals surface area (Å²) in [4.78, 5) is 4.17. The van der Waals surface area contributed by atoms with Gasteiger partial charge < -0.3 is 9.63 Å². The topological polar surface area (TPSA) is 59.2 Å². The van der Waals surface area contributed by atoms with Crippen molar-refractivity contribution in [2.75, 3.05) is 0 Å². The van der Waals surface area contributed by atoms with E-state index >= 15 is 0 Å². The van der Waals surface area contributed by atoms with E-state index in [4.69, 9.17) is 9.63 Å². The first kappa shape index (κ1) is 8.74. The zero-order valence-electron chi connectivity index (χ0n) is 7.77. The molecule has 14 heavy (non-hydrogen) atoms. The zero-order valence-corrected chi connectivity index (χ0v) is 7.77. The molecule has 0 saturated carbocycles. The Labute approximate surface area is 81.2 Å². The second-order valence-electron chi connectivity index (χ2n) is 2.92. The van der Waals surface area contributed by atoms with Crippen LogP contribution < -0.4 is 0 Å². The molecule has 1 aromatic carbocycles. The quantitative estimate of drug-likeness (QED) is 0.786. The summed E-state index contributed by atoms with van der Waals surface area (Å²) in [7, 11) is 0. The minimum absolute atomic E-state index is 0.226. The van der Waals surface area contributed by atoms with E-state index in [1.165, 1.54) is 0 Å². The van der Waals surface area contributed by atoms with Crippen molar-refractivity contribution in [3.63, 3.8) is 0 Å². The molecule has 1 heterocycles. The fourth-order valence-electron chi connectivity index (χ4n) is 1.12. The molecular formula is C10H10N2O2. The van der Waals surface area contributed by atoms with Gasteiger partial charge in [-0.05, 0) is 24.3 Å².